The molecule has 0 bridgehead atoms. The normalized spacial score (nSPS) is 31.8. The van der Waals surface area contributed by atoms with E-state index in [9.17, 15) is 0 Å². The van der Waals surface area contributed by atoms with Gasteiger partial charge in [0.15, 0.2) is 0 Å². The Morgan fingerprint density at radius 1 is 1.62 bits per heavy atom. The van der Waals surface area contributed by atoms with E-state index in [0.29, 0.717) is 12.5 Å². The maximum atomic E-state index is 9.06. The molecule has 2 unspecified atom stereocenters. The second-order valence-corrected chi connectivity index (χ2v) is 4.93. The molecule has 0 saturated heterocycles. The van der Waals surface area contributed by atoms with Crippen LogP contribution in [0.2, 0.25) is 0 Å². The highest BCUT2D eigenvalue weighted by molar-refractivity contribution is 9.10. The minimum absolute atomic E-state index is 0.221. The Morgan fingerprint density at radius 3 is 2.92 bits per heavy atom. The van der Waals surface area contributed by atoms with Crippen molar-refractivity contribution >= 4 is 15.9 Å². The molecule has 1 aliphatic carbocycles. The van der Waals surface area contributed by atoms with Gasteiger partial charge in [-0.15, -0.1) is 0 Å². The van der Waals surface area contributed by atoms with E-state index >= 15 is 0 Å². The summed E-state index contributed by atoms with van der Waals surface area (Å²) in [6.07, 6.45) is 1.11. The van der Waals surface area contributed by atoms with Crippen molar-refractivity contribution in [3.05, 3.63) is 34.3 Å². The van der Waals surface area contributed by atoms with Gasteiger partial charge >= 0.3 is 0 Å². The number of hydrogen-bond donors (Lipinski definition) is 1. The number of aliphatic hydroxyl groups excluding tert-OH is 1. The summed E-state index contributed by atoms with van der Waals surface area (Å²) in [6, 6.07) is 8.37. The Balaban J connectivity index is 2.27. The van der Waals surface area contributed by atoms with Gasteiger partial charge in [-0.2, -0.15) is 0 Å². The quantitative estimate of drug-likeness (QED) is 0.844. The van der Waals surface area contributed by atoms with E-state index in [1.165, 1.54) is 5.56 Å². The molecule has 2 rings (SSSR count). The predicted molar refractivity (Wildman–Crippen MR) is 56.7 cm³/mol. The van der Waals surface area contributed by atoms with Crippen LogP contribution >= 0.6 is 15.9 Å². The molecule has 0 aliphatic heterocycles. The molecule has 1 saturated carbocycles. The second kappa shape index (κ2) is 3.10. The van der Waals surface area contributed by atoms with Gasteiger partial charge in [-0.1, -0.05) is 35.0 Å². The summed E-state index contributed by atoms with van der Waals surface area (Å²) in [5, 5.41) is 9.06. The summed E-state index contributed by atoms with van der Waals surface area (Å²) >= 11 is 3.46. The highest BCUT2D eigenvalue weighted by Gasteiger charge is 2.50. The van der Waals surface area contributed by atoms with Crippen LogP contribution in [-0.2, 0) is 5.41 Å². The molecule has 1 nitrogen and oxygen atoms in total. The summed E-state index contributed by atoms with van der Waals surface area (Å²) in [7, 11) is 0. The first-order chi connectivity index (χ1) is 6.16. The second-order valence-electron chi connectivity index (χ2n) is 4.01. The lowest BCUT2D eigenvalue weighted by Gasteiger charge is -2.10. The third kappa shape index (κ3) is 1.53. The van der Waals surface area contributed by atoms with E-state index in [1.807, 2.05) is 6.07 Å². The molecule has 0 spiro atoms. The number of rotatable bonds is 2. The zero-order valence-corrected chi connectivity index (χ0v) is 9.21. The molecule has 2 heteroatoms. The van der Waals surface area contributed by atoms with E-state index in [1.54, 1.807) is 0 Å². The first kappa shape index (κ1) is 9.22. The maximum absolute atomic E-state index is 9.06. The van der Waals surface area contributed by atoms with Crippen molar-refractivity contribution in [2.24, 2.45) is 5.92 Å². The van der Waals surface area contributed by atoms with Gasteiger partial charge in [0.1, 0.15) is 0 Å². The van der Waals surface area contributed by atoms with Gasteiger partial charge in [-0.05, 0) is 35.4 Å². The molecule has 70 valence electrons. The molecule has 0 radical (unpaired) electrons. The fourth-order valence-electron chi connectivity index (χ4n) is 1.92. The molecule has 1 aliphatic rings. The zero-order chi connectivity index (χ0) is 9.47. The summed E-state index contributed by atoms with van der Waals surface area (Å²) in [5.74, 6) is 0.460. The van der Waals surface area contributed by atoms with Crippen LogP contribution in [-0.4, -0.2) is 11.7 Å². The van der Waals surface area contributed by atoms with Gasteiger partial charge in [0.25, 0.3) is 0 Å². The van der Waals surface area contributed by atoms with Crippen LogP contribution in [0.5, 0.6) is 0 Å². The van der Waals surface area contributed by atoms with Gasteiger partial charge in [0.2, 0.25) is 0 Å². The van der Waals surface area contributed by atoms with Crippen LogP contribution in [0.25, 0.3) is 0 Å². The van der Waals surface area contributed by atoms with Gasteiger partial charge in [-0.3, -0.25) is 0 Å². The largest absolute Gasteiger partial charge is 0.396 e. The summed E-state index contributed by atoms with van der Waals surface area (Å²) in [5.41, 5.74) is 1.55. The highest BCUT2D eigenvalue weighted by atomic mass is 79.9. The van der Waals surface area contributed by atoms with Crippen molar-refractivity contribution in [3.8, 4) is 0 Å². The van der Waals surface area contributed by atoms with E-state index < -0.39 is 0 Å². The number of halogens is 1. The van der Waals surface area contributed by atoms with Gasteiger partial charge in [0, 0.05) is 11.1 Å². The van der Waals surface area contributed by atoms with Crippen LogP contribution in [0.3, 0.4) is 0 Å². The number of hydrogen-bond acceptors (Lipinski definition) is 1. The highest BCUT2D eigenvalue weighted by Crippen LogP contribution is 2.53. The average molecular weight is 241 g/mol. The summed E-state index contributed by atoms with van der Waals surface area (Å²) < 4.78 is 1.12. The SMILES string of the molecule is CC1(c2cccc(Br)c2)CC1CO. The summed E-state index contributed by atoms with van der Waals surface area (Å²) in [4.78, 5) is 0. The van der Waals surface area contributed by atoms with Crippen molar-refractivity contribution in [2.75, 3.05) is 6.61 Å². The number of benzene rings is 1. The third-order valence-electron chi connectivity index (χ3n) is 3.12. The molecule has 0 amide bonds. The van der Waals surface area contributed by atoms with Crippen LogP contribution in [0.4, 0.5) is 0 Å². The minimum Gasteiger partial charge on any atom is -0.396 e. The molecule has 13 heavy (non-hydrogen) atoms. The Morgan fingerprint density at radius 2 is 2.38 bits per heavy atom. The van der Waals surface area contributed by atoms with Crippen LogP contribution in [0, 0.1) is 5.92 Å². The molecule has 1 N–H and O–H groups in total. The molecule has 1 aromatic carbocycles. The Hall–Kier alpha value is -0.340. The van der Waals surface area contributed by atoms with Gasteiger partial charge in [0.05, 0.1) is 0 Å². The fourth-order valence-corrected chi connectivity index (χ4v) is 2.32. The smallest absolute Gasteiger partial charge is 0.0468 e. The summed E-state index contributed by atoms with van der Waals surface area (Å²) in [6.45, 7) is 2.53. The molecule has 2 atom stereocenters. The monoisotopic (exact) mass is 240 g/mol. The van der Waals surface area contributed by atoms with Crippen LogP contribution < -0.4 is 0 Å². The average Bonchev–Trinajstić information content (AvgIpc) is 2.79. The van der Waals surface area contributed by atoms with E-state index in [2.05, 4.69) is 41.1 Å². The Bertz CT molecular complexity index is 324. The van der Waals surface area contributed by atoms with E-state index in [0.717, 1.165) is 10.9 Å². The minimum atomic E-state index is 0.221. The fraction of sp³-hybridized carbons (Fsp3) is 0.455. The standard InChI is InChI=1S/C11H13BrO/c1-11(6-9(11)7-13)8-3-2-4-10(12)5-8/h2-5,9,13H,6-7H2,1H3. The lowest BCUT2D eigenvalue weighted by atomic mass is 9.96. The van der Waals surface area contributed by atoms with Gasteiger partial charge < -0.3 is 5.11 Å². The Labute approximate surface area is 86.9 Å². The van der Waals surface area contributed by atoms with Crippen molar-refractivity contribution in [1.82, 2.24) is 0 Å². The molecular weight excluding hydrogens is 228 g/mol. The number of aliphatic hydroxyl groups is 1. The van der Waals surface area contributed by atoms with Crippen molar-refractivity contribution < 1.29 is 5.11 Å². The molecule has 0 aromatic heterocycles. The molecule has 0 heterocycles. The Kier molecular flexibility index (Phi) is 2.20. The van der Waals surface area contributed by atoms with E-state index in [-0.39, 0.29) is 5.41 Å². The van der Waals surface area contributed by atoms with Gasteiger partial charge in [-0.25, -0.2) is 0 Å². The zero-order valence-electron chi connectivity index (χ0n) is 7.63. The van der Waals surface area contributed by atoms with Crippen molar-refractivity contribution in [1.29, 1.82) is 0 Å². The third-order valence-corrected chi connectivity index (χ3v) is 3.61. The van der Waals surface area contributed by atoms with Crippen molar-refractivity contribution in [3.63, 3.8) is 0 Å². The van der Waals surface area contributed by atoms with Crippen LogP contribution in [0.15, 0.2) is 28.7 Å². The molecule has 1 fully saturated rings. The maximum Gasteiger partial charge on any atom is 0.0468 e. The first-order valence-electron chi connectivity index (χ1n) is 4.54. The topological polar surface area (TPSA) is 20.2 Å². The lowest BCUT2D eigenvalue weighted by Crippen LogP contribution is -2.06. The first-order valence-corrected chi connectivity index (χ1v) is 5.33. The molecular formula is C11H13BrO. The van der Waals surface area contributed by atoms with Crippen molar-refractivity contribution in [2.45, 2.75) is 18.8 Å². The lowest BCUT2D eigenvalue weighted by molar-refractivity contribution is 0.265. The van der Waals surface area contributed by atoms with Crippen LogP contribution in [0.1, 0.15) is 18.9 Å². The van der Waals surface area contributed by atoms with E-state index in [4.69, 9.17) is 5.11 Å². The predicted octanol–water partition coefficient (Wildman–Crippen LogP) is 2.72. The molecule has 1 aromatic rings.